The summed E-state index contributed by atoms with van der Waals surface area (Å²) in [5, 5.41) is 12.3. The highest BCUT2D eigenvalue weighted by Crippen LogP contribution is 2.22. The van der Waals surface area contributed by atoms with E-state index in [0.717, 1.165) is 25.9 Å². The van der Waals surface area contributed by atoms with Gasteiger partial charge < -0.3 is 10.4 Å². The number of aromatic carboxylic acids is 1. The number of carbonyl (C=O) groups is 1. The van der Waals surface area contributed by atoms with Crippen LogP contribution in [0.2, 0.25) is 0 Å². The van der Waals surface area contributed by atoms with Gasteiger partial charge in [-0.1, -0.05) is 6.07 Å². The molecule has 0 saturated carbocycles. The number of pyridine rings is 1. The molecular formula is C15H23N3O2. The third-order valence-electron chi connectivity index (χ3n) is 3.76. The number of rotatable bonds is 3. The summed E-state index contributed by atoms with van der Waals surface area (Å²) in [6.07, 6.45) is 2.10. The highest BCUT2D eigenvalue weighted by Gasteiger charge is 2.26. The topological polar surface area (TPSA) is 65.5 Å². The molecule has 2 heterocycles. The molecule has 110 valence electrons. The zero-order valence-corrected chi connectivity index (χ0v) is 12.4. The molecule has 1 aromatic rings. The number of carboxylic acid groups (broad SMARTS) is 1. The molecule has 0 aromatic carbocycles. The van der Waals surface area contributed by atoms with Crippen LogP contribution in [0.4, 0.5) is 5.82 Å². The lowest BCUT2D eigenvalue weighted by atomic mass is 9.98. The summed E-state index contributed by atoms with van der Waals surface area (Å²) in [4.78, 5) is 17.5. The second kappa shape index (κ2) is 5.79. The predicted octanol–water partition coefficient (Wildman–Crippen LogP) is 2.45. The Morgan fingerprint density at radius 2 is 2.00 bits per heavy atom. The first-order valence-electron chi connectivity index (χ1n) is 7.08. The molecule has 0 amide bonds. The number of aromatic nitrogens is 1. The molecular weight excluding hydrogens is 254 g/mol. The summed E-state index contributed by atoms with van der Waals surface area (Å²) in [5.41, 5.74) is 0.300. The lowest BCUT2D eigenvalue weighted by Crippen LogP contribution is -2.48. The van der Waals surface area contributed by atoms with Crippen LogP contribution in [0, 0.1) is 0 Å². The molecule has 0 atom stereocenters. The van der Waals surface area contributed by atoms with Crippen molar-refractivity contribution in [2.24, 2.45) is 0 Å². The molecule has 20 heavy (non-hydrogen) atoms. The third-order valence-corrected chi connectivity index (χ3v) is 3.76. The molecule has 1 aliphatic rings. The SMILES string of the molecule is CC(C)(C)N1CCC(Nc2cccc(C(=O)O)n2)CC1. The Morgan fingerprint density at radius 3 is 2.55 bits per heavy atom. The van der Waals surface area contributed by atoms with Crippen molar-refractivity contribution < 1.29 is 9.90 Å². The quantitative estimate of drug-likeness (QED) is 0.888. The Labute approximate surface area is 120 Å². The van der Waals surface area contributed by atoms with Crippen molar-refractivity contribution in [1.82, 2.24) is 9.88 Å². The van der Waals surface area contributed by atoms with Crippen LogP contribution in [0.1, 0.15) is 44.1 Å². The first-order chi connectivity index (χ1) is 9.36. The largest absolute Gasteiger partial charge is 0.477 e. The van der Waals surface area contributed by atoms with E-state index in [1.54, 1.807) is 6.07 Å². The van der Waals surface area contributed by atoms with Gasteiger partial charge in [-0.2, -0.15) is 0 Å². The number of hydrogen-bond donors (Lipinski definition) is 2. The second-order valence-electron chi connectivity index (χ2n) is 6.29. The molecule has 1 aliphatic heterocycles. The molecule has 0 aliphatic carbocycles. The molecule has 1 aromatic heterocycles. The van der Waals surface area contributed by atoms with Gasteiger partial charge in [-0.25, -0.2) is 9.78 Å². The van der Waals surface area contributed by atoms with E-state index >= 15 is 0 Å². The van der Waals surface area contributed by atoms with Crippen molar-refractivity contribution in [3.05, 3.63) is 23.9 Å². The normalized spacial score (nSPS) is 17.9. The summed E-state index contributed by atoms with van der Waals surface area (Å²) in [7, 11) is 0. The van der Waals surface area contributed by atoms with Gasteiger partial charge in [0.05, 0.1) is 0 Å². The van der Waals surface area contributed by atoms with E-state index in [9.17, 15) is 4.79 Å². The van der Waals surface area contributed by atoms with Gasteiger partial charge >= 0.3 is 5.97 Å². The minimum absolute atomic E-state index is 0.0853. The lowest BCUT2D eigenvalue weighted by Gasteiger charge is -2.41. The van der Waals surface area contributed by atoms with Gasteiger partial charge in [0.2, 0.25) is 0 Å². The van der Waals surface area contributed by atoms with E-state index in [2.05, 4.69) is 36.0 Å². The van der Waals surface area contributed by atoms with Gasteiger partial charge in [-0.15, -0.1) is 0 Å². The van der Waals surface area contributed by atoms with Crippen molar-refractivity contribution >= 4 is 11.8 Å². The maximum atomic E-state index is 10.9. The maximum absolute atomic E-state index is 10.9. The van der Waals surface area contributed by atoms with E-state index < -0.39 is 5.97 Å². The Balaban J connectivity index is 1.93. The van der Waals surface area contributed by atoms with Crippen LogP contribution in [0.3, 0.4) is 0 Å². The van der Waals surface area contributed by atoms with E-state index in [1.165, 1.54) is 6.07 Å². The number of hydrogen-bond acceptors (Lipinski definition) is 4. The van der Waals surface area contributed by atoms with Crippen LogP contribution in [0.15, 0.2) is 18.2 Å². The number of carboxylic acids is 1. The van der Waals surface area contributed by atoms with E-state index in [0.29, 0.717) is 11.9 Å². The molecule has 2 N–H and O–H groups in total. The number of nitrogens with zero attached hydrogens (tertiary/aromatic N) is 2. The van der Waals surface area contributed by atoms with Crippen molar-refractivity contribution in [2.75, 3.05) is 18.4 Å². The molecule has 0 radical (unpaired) electrons. The fourth-order valence-corrected chi connectivity index (χ4v) is 2.54. The maximum Gasteiger partial charge on any atom is 0.354 e. The Morgan fingerprint density at radius 1 is 1.35 bits per heavy atom. The summed E-state index contributed by atoms with van der Waals surface area (Å²) in [6.45, 7) is 8.81. The van der Waals surface area contributed by atoms with Crippen molar-refractivity contribution in [3.63, 3.8) is 0 Å². The number of piperidine rings is 1. The fourth-order valence-electron chi connectivity index (χ4n) is 2.54. The summed E-state index contributed by atoms with van der Waals surface area (Å²) >= 11 is 0. The monoisotopic (exact) mass is 277 g/mol. The molecule has 1 saturated heterocycles. The third kappa shape index (κ3) is 3.70. The van der Waals surface area contributed by atoms with Crippen LogP contribution >= 0.6 is 0 Å². The highest BCUT2D eigenvalue weighted by atomic mass is 16.4. The Hall–Kier alpha value is -1.62. The average molecular weight is 277 g/mol. The van der Waals surface area contributed by atoms with Crippen molar-refractivity contribution in [2.45, 2.75) is 45.2 Å². The van der Waals surface area contributed by atoms with Gasteiger partial charge in [0.25, 0.3) is 0 Å². The van der Waals surface area contributed by atoms with Gasteiger partial charge in [0.15, 0.2) is 5.69 Å². The molecule has 2 rings (SSSR count). The molecule has 0 bridgehead atoms. The molecule has 5 heteroatoms. The van der Waals surface area contributed by atoms with E-state index in [-0.39, 0.29) is 11.2 Å². The van der Waals surface area contributed by atoms with Gasteiger partial charge in [-0.05, 0) is 45.7 Å². The average Bonchev–Trinajstić information content (AvgIpc) is 2.38. The Kier molecular flexibility index (Phi) is 4.28. The van der Waals surface area contributed by atoms with Gasteiger partial charge in [0.1, 0.15) is 5.82 Å². The van der Waals surface area contributed by atoms with Gasteiger partial charge in [0, 0.05) is 24.7 Å². The number of anilines is 1. The summed E-state index contributed by atoms with van der Waals surface area (Å²) < 4.78 is 0. The van der Waals surface area contributed by atoms with Gasteiger partial charge in [-0.3, -0.25) is 4.90 Å². The van der Waals surface area contributed by atoms with Crippen LogP contribution < -0.4 is 5.32 Å². The predicted molar refractivity (Wildman–Crippen MR) is 79.2 cm³/mol. The van der Waals surface area contributed by atoms with E-state index in [4.69, 9.17) is 5.11 Å². The second-order valence-corrected chi connectivity index (χ2v) is 6.29. The van der Waals surface area contributed by atoms with Crippen LogP contribution in [-0.4, -0.2) is 45.6 Å². The summed E-state index contributed by atoms with van der Waals surface area (Å²) in [5.74, 6) is -0.338. The van der Waals surface area contributed by atoms with Crippen LogP contribution in [0.25, 0.3) is 0 Å². The summed E-state index contributed by atoms with van der Waals surface area (Å²) in [6, 6.07) is 5.42. The van der Waals surface area contributed by atoms with Crippen LogP contribution in [-0.2, 0) is 0 Å². The minimum Gasteiger partial charge on any atom is -0.477 e. The highest BCUT2D eigenvalue weighted by molar-refractivity contribution is 5.85. The fraction of sp³-hybridized carbons (Fsp3) is 0.600. The molecule has 1 fully saturated rings. The zero-order chi connectivity index (χ0) is 14.8. The first kappa shape index (κ1) is 14.8. The molecule has 5 nitrogen and oxygen atoms in total. The van der Waals surface area contributed by atoms with Crippen molar-refractivity contribution in [3.8, 4) is 0 Å². The number of likely N-dealkylation sites (tertiary alicyclic amines) is 1. The Bertz CT molecular complexity index is 474. The first-order valence-corrected chi connectivity index (χ1v) is 7.08. The zero-order valence-electron chi connectivity index (χ0n) is 12.4. The smallest absolute Gasteiger partial charge is 0.354 e. The number of nitrogens with one attached hydrogen (secondary N) is 1. The molecule has 0 unspecified atom stereocenters. The minimum atomic E-state index is -0.990. The van der Waals surface area contributed by atoms with Crippen molar-refractivity contribution in [1.29, 1.82) is 0 Å². The standard InChI is InChI=1S/C15H23N3O2/c1-15(2,3)18-9-7-11(8-10-18)16-13-6-4-5-12(17-13)14(19)20/h4-6,11H,7-10H2,1-3H3,(H,16,17)(H,19,20). The van der Waals surface area contributed by atoms with Crippen LogP contribution in [0.5, 0.6) is 0 Å². The van der Waals surface area contributed by atoms with E-state index in [1.807, 2.05) is 6.07 Å². The molecule has 0 spiro atoms. The lowest BCUT2D eigenvalue weighted by molar-refractivity contribution is 0.0690.